The fourth-order valence-electron chi connectivity index (χ4n) is 2.19. The van der Waals surface area contributed by atoms with E-state index in [0.29, 0.717) is 6.42 Å². The summed E-state index contributed by atoms with van der Waals surface area (Å²) < 4.78 is 5.38. The smallest absolute Gasteiger partial charge is 0.123 e. The molecule has 0 N–H and O–H groups in total. The molecule has 0 aromatic heterocycles. The lowest BCUT2D eigenvalue weighted by Gasteiger charge is -2.11. The van der Waals surface area contributed by atoms with E-state index in [-0.39, 0.29) is 0 Å². The predicted molar refractivity (Wildman–Crippen MR) is 77.2 cm³/mol. The Kier molecular flexibility index (Phi) is 3.87. The molecule has 0 atom stereocenters. The lowest BCUT2D eigenvalue weighted by molar-refractivity contribution is 0.411. The Morgan fingerprint density at radius 1 is 1.11 bits per heavy atom. The van der Waals surface area contributed by atoms with Crippen LogP contribution in [-0.4, -0.2) is 7.11 Å². The van der Waals surface area contributed by atoms with E-state index in [4.69, 9.17) is 10.00 Å². The molecule has 0 aliphatic carbocycles. The molecular weight excluding hydrogens is 234 g/mol. The molecule has 0 saturated heterocycles. The van der Waals surface area contributed by atoms with Crippen molar-refractivity contribution in [2.24, 2.45) is 0 Å². The molecule has 0 radical (unpaired) electrons. The fraction of sp³-hybridized carbons (Fsp3) is 0.235. The monoisotopic (exact) mass is 251 g/mol. The Balaban J connectivity index is 2.52. The van der Waals surface area contributed by atoms with Crippen LogP contribution in [0.3, 0.4) is 0 Å². The van der Waals surface area contributed by atoms with Crippen molar-refractivity contribution in [3.8, 4) is 22.9 Å². The molecule has 0 aliphatic rings. The first-order valence-corrected chi connectivity index (χ1v) is 6.27. The average Bonchev–Trinajstić information content (AvgIpc) is 2.42. The van der Waals surface area contributed by atoms with Crippen LogP contribution in [0.5, 0.6) is 5.75 Å². The quantitative estimate of drug-likeness (QED) is 0.824. The molecule has 2 nitrogen and oxygen atoms in total. The second kappa shape index (κ2) is 5.58. The molecule has 2 rings (SSSR count). The summed E-state index contributed by atoms with van der Waals surface area (Å²) >= 11 is 0. The van der Waals surface area contributed by atoms with Crippen molar-refractivity contribution in [3.05, 3.63) is 53.1 Å². The highest BCUT2D eigenvalue weighted by atomic mass is 16.5. The molecule has 2 aromatic rings. The van der Waals surface area contributed by atoms with Crippen LogP contribution in [0.4, 0.5) is 0 Å². The third kappa shape index (κ3) is 2.77. The van der Waals surface area contributed by atoms with Gasteiger partial charge in [0, 0.05) is 5.56 Å². The van der Waals surface area contributed by atoms with Gasteiger partial charge in [-0.2, -0.15) is 5.26 Å². The second-order valence-corrected chi connectivity index (χ2v) is 4.68. The Morgan fingerprint density at radius 2 is 1.89 bits per heavy atom. The van der Waals surface area contributed by atoms with Crippen molar-refractivity contribution in [2.45, 2.75) is 20.3 Å². The zero-order valence-electron chi connectivity index (χ0n) is 11.5. The summed E-state index contributed by atoms with van der Waals surface area (Å²) in [6.45, 7) is 4.19. The van der Waals surface area contributed by atoms with Crippen molar-refractivity contribution in [3.63, 3.8) is 0 Å². The van der Waals surface area contributed by atoms with E-state index in [0.717, 1.165) is 16.9 Å². The zero-order valence-corrected chi connectivity index (χ0v) is 11.5. The standard InChI is InChI=1S/C17H17NO/c1-12-4-5-13(2)16(10-12)15-7-6-14(8-9-18)17(11-15)19-3/h4-7,10-11H,8H2,1-3H3. The summed E-state index contributed by atoms with van der Waals surface area (Å²) in [5, 5.41) is 8.80. The molecule has 0 spiro atoms. The molecule has 0 fully saturated rings. The second-order valence-electron chi connectivity index (χ2n) is 4.68. The van der Waals surface area contributed by atoms with Gasteiger partial charge in [-0.25, -0.2) is 0 Å². The van der Waals surface area contributed by atoms with Gasteiger partial charge in [0.15, 0.2) is 0 Å². The maximum absolute atomic E-state index is 8.80. The van der Waals surface area contributed by atoms with Crippen molar-refractivity contribution in [1.29, 1.82) is 5.26 Å². The minimum Gasteiger partial charge on any atom is -0.496 e. The van der Waals surface area contributed by atoms with Crippen LogP contribution < -0.4 is 4.74 Å². The number of nitrogens with zero attached hydrogens (tertiary/aromatic N) is 1. The normalized spacial score (nSPS) is 10.0. The Hall–Kier alpha value is -2.27. The van der Waals surface area contributed by atoms with E-state index >= 15 is 0 Å². The zero-order chi connectivity index (χ0) is 13.8. The van der Waals surface area contributed by atoms with Crippen LogP contribution >= 0.6 is 0 Å². The first-order valence-electron chi connectivity index (χ1n) is 6.27. The third-order valence-corrected chi connectivity index (χ3v) is 3.26. The van der Waals surface area contributed by atoms with Crippen molar-refractivity contribution >= 4 is 0 Å². The van der Waals surface area contributed by atoms with E-state index in [1.165, 1.54) is 16.7 Å². The maximum Gasteiger partial charge on any atom is 0.123 e. The molecule has 0 bridgehead atoms. The van der Waals surface area contributed by atoms with Gasteiger partial charge >= 0.3 is 0 Å². The van der Waals surface area contributed by atoms with Crippen LogP contribution in [0.1, 0.15) is 16.7 Å². The number of aryl methyl sites for hydroxylation is 2. The van der Waals surface area contributed by atoms with Crippen LogP contribution in [0.15, 0.2) is 36.4 Å². The van der Waals surface area contributed by atoms with E-state index in [9.17, 15) is 0 Å². The molecule has 0 unspecified atom stereocenters. The highest BCUT2D eigenvalue weighted by molar-refractivity contribution is 5.70. The van der Waals surface area contributed by atoms with Crippen molar-refractivity contribution in [2.75, 3.05) is 7.11 Å². The SMILES string of the molecule is COc1cc(-c2cc(C)ccc2C)ccc1CC#N. The van der Waals surface area contributed by atoms with E-state index in [1.807, 2.05) is 12.1 Å². The van der Waals surface area contributed by atoms with Crippen LogP contribution in [0, 0.1) is 25.2 Å². The Morgan fingerprint density at radius 3 is 2.58 bits per heavy atom. The van der Waals surface area contributed by atoms with Gasteiger partial charge in [0.25, 0.3) is 0 Å². The maximum atomic E-state index is 8.80. The largest absolute Gasteiger partial charge is 0.496 e. The topological polar surface area (TPSA) is 33.0 Å². The molecule has 19 heavy (non-hydrogen) atoms. The van der Waals surface area contributed by atoms with Gasteiger partial charge in [-0.3, -0.25) is 0 Å². The van der Waals surface area contributed by atoms with Gasteiger partial charge in [0.1, 0.15) is 5.75 Å². The minimum absolute atomic E-state index is 0.371. The molecule has 0 amide bonds. The summed E-state index contributed by atoms with van der Waals surface area (Å²) in [4.78, 5) is 0. The summed E-state index contributed by atoms with van der Waals surface area (Å²) in [6, 6.07) is 14.6. The molecule has 2 heteroatoms. The minimum atomic E-state index is 0.371. The molecular formula is C17H17NO. The van der Waals surface area contributed by atoms with Crippen molar-refractivity contribution in [1.82, 2.24) is 0 Å². The number of nitriles is 1. The Labute approximate surface area is 114 Å². The fourth-order valence-corrected chi connectivity index (χ4v) is 2.19. The van der Waals surface area contributed by atoms with Gasteiger partial charge in [0.05, 0.1) is 19.6 Å². The molecule has 96 valence electrons. The van der Waals surface area contributed by atoms with Gasteiger partial charge in [-0.05, 0) is 36.6 Å². The lowest BCUT2D eigenvalue weighted by Crippen LogP contribution is -1.93. The molecule has 2 aromatic carbocycles. The average molecular weight is 251 g/mol. The highest BCUT2D eigenvalue weighted by Gasteiger charge is 2.07. The highest BCUT2D eigenvalue weighted by Crippen LogP contribution is 2.30. The predicted octanol–water partition coefficient (Wildman–Crippen LogP) is 4.05. The van der Waals surface area contributed by atoms with Gasteiger partial charge in [0.2, 0.25) is 0 Å². The number of methoxy groups -OCH3 is 1. The van der Waals surface area contributed by atoms with Crippen LogP contribution in [0.2, 0.25) is 0 Å². The number of rotatable bonds is 3. The Bertz CT molecular complexity index is 638. The van der Waals surface area contributed by atoms with Crippen LogP contribution in [-0.2, 0) is 6.42 Å². The molecule has 0 heterocycles. The van der Waals surface area contributed by atoms with E-state index < -0.39 is 0 Å². The first kappa shape index (κ1) is 13.2. The summed E-state index contributed by atoms with van der Waals surface area (Å²) in [7, 11) is 1.64. The van der Waals surface area contributed by atoms with E-state index in [2.05, 4.69) is 44.2 Å². The molecule has 0 saturated carbocycles. The summed E-state index contributed by atoms with van der Waals surface area (Å²) in [5.41, 5.74) is 5.74. The first-order chi connectivity index (χ1) is 9.15. The molecule has 0 aliphatic heterocycles. The number of benzene rings is 2. The third-order valence-electron chi connectivity index (χ3n) is 3.26. The summed E-state index contributed by atoms with van der Waals surface area (Å²) in [6.07, 6.45) is 0.371. The van der Waals surface area contributed by atoms with Gasteiger partial charge < -0.3 is 4.74 Å². The van der Waals surface area contributed by atoms with Crippen molar-refractivity contribution < 1.29 is 4.74 Å². The summed E-state index contributed by atoms with van der Waals surface area (Å²) in [5.74, 6) is 0.778. The van der Waals surface area contributed by atoms with E-state index in [1.54, 1.807) is 7.11 Å². The number of hydrogen-bond acceptors (Lipinski definition) is 2. The van der Waals surface area contributed by atoms with Gasteiger partial charge in [-0.15, -0.1) is 0 Å². The van der Waals surface area contributed by atoms with Gasteiger partial charge in [-0.1, -0.05) is 35.9 Å². The van der Waals surface area contributed by atoms with Crippen LogP contribution in [0.25, 0.3) is 11.1 Å². The lowest BCUT2D eigenvalue weighted by atomic mass is 9.97. The number of ether oxygens (including phenoxy) is 1. The number of hydrogen-bond donors (Lipinski definition) is 0.